The van der Waals surface area contributed by atoms with Gasteiger partial charge in [0.2, 0.25) is 0 Å². The number of aromatic nitrogens is 2. The molecule has 2 aromatic carbocycles. The Kier molecular flexibility index (Phi) is 5.07. The maximum atomic E-state index is 15.1. The molecule has 172 valence electrons. The van der Waals surface area contributed by atoms with Crippen molar-refractivity contribution in [2.75, 3.05) is 0 Å². The zero-order valence-electron chi connectivity index (χ0n) is 20.0. The number of hydrogen-bond acceptors (Lipinski definition) is 3. The molecule has 0 saturated carbocycles. The van der Waals surface area contributed by atoms with Crippen molar-refractivity contribution < 1.29 is 4.39 Å². The molecule has 6 rings (SSSR count). The molecule has 2 aromatic heterocycles. The molecule has 0 atom stereocenters. The van der Waals surface area contributed by atoms with Crippen molar-refractivity contribution in [3.63, 3.8) is 0 Å². The zero-order chi connectivity index (χ0) is 23.6. The van der Waals surface area contributed by atoms with Gasteiger partial charge < -0.3 is 4.98 Å². The van der Waals surface area contributed by atoms with Crippen molar-refractivity contribution in [3.05, 3.63) is 71.1 Å². The topological polar surface area (TPSA) is 41.0 Å². The van der Waals surface area contributed by atoms with E-state index in [0.29, 0.717) is 11.5 Å². The SMILES string of the molecule is CC(C)C1=NC2=C(C1)c1ccc3cc(-c4ccc(-c5cnc(C(C)C)[nH]5)c(F)c4)sc3c1CC2. The lowest BCUT2D eigenvalue weighted by Gasteiger charge is -2.18. The van der Waals surface area contributed by atoms with Gasteiger partial charge in [0.15, 0.2) is 0 Å². The number of hydrogen-bond donors (Lipinski definition) is 1. The Morgan fingerprint density at radius 3 is 2.53 bits per heavy atom. The van der Waals surface area contributed by atoms with E-state index >= 15 is 4.39 Å². The van der Waals surface area contributed by atoms with Crippen LogP contribution in [0.15, 0.2) is 53.3 Å². The molecule has 0 amide bonds. The Balaban J connectivity index is 1.35. The molecule has 3 heterocycles. The van der Waals surface area contributed by atoms with E-state index in [2.05, 4.69) is 55.9 Å². The number of nitrogens with zero attached hydrogens (tertiary/aromatic N) is 2. The van der Waals surface area contributed by atoms with E-state index in [1.165, 1.54) is 38.2 Å². The van der Waals surface area contributed by atoms with Gasteiger partial charge in [-0.15, -0.1) is 11.3 Å². The van der Waals surface area contributed by atoms with E-state index < -0.39 is 0 Å². The number of aryl methyl sites for hydroxylation is 1. The van der Waals surface area contributed by atoms with E-state index in [9.17, 15) is 0 Å². The first-order valence-electron chi connectivity index (χ1n) is 12.1. The van der Waals surface area contributed by atoms with Crippen molar-refractivity contribution in [2.24, 2.45) is 10.9 Å². The quantitative estimate of drug-likeness (QED) is 0.320. The van der Waals surface area contributed by atoms with Gasteiger partial charge in [-0.1, -0.05) is 45.9 Å². The molecule has 2 aliphatic rings. The van der Waals surface area contributed by atoms with Crippen molar-refractivity contribution >= 4 is 32.7 Å². The fourth-order valence-corrected chi connectivity index (χ4v) is 6.32. The molecule has 1 aliphatic carbocycles. The maximum Gasteiger partial charge on any atom is 0.133 e. The van der Waals surface area contributed by atoms with Gasteiger partial charge in [-0.2, -0.15) is 0 Å². The largest absolute Gasteiger partial charge is 0.342 e. The van der Waals surface area contributed by atoms with Crippen molar-refractivity contribution in [3.8, 4) is 21.7 Å². The molecule has 0 saturated heterocycles. The van der Waals surface area contributed by atoms with E-state index in [1.54, 1.807) is 23.6 Å². The number of imidazole rings is 1. The molecule has 0 radical (unpaired) electrons. The van der Waals surface area contributed by atoms with E-state index in [-0.39, 0.29) is 11.7 Å². The number of benzene rings is 2. The molecule has 0 unspecified atom stereocenters. The zero-order valence-corrected chi connectivity index (χ0v) is 20.8. The average molecular weight is 470 g/mol. The highest BCUT2D eigenvalue weighted by atomic mass is 32.1. The van der Waals surface area contributed by atoms with Crippen LogP contribution in [-0.4, -0.2) is 15.7 Å². The first-order valence-corrected chi connectivity index (χ1v) is 12.9. The fourth-order valence-electron chi connectivity index (χ4n) is 5.09. The van der Waals surface area contributed by atoms with E-state index in [4.69, 9.17) is 4.99 Å². The lowest BCUT2D eigenvalue weighted by Crippen LogP contribution is -2.05. The van der Waals surface area contributed by atoms with Crippen LogP contribution in [0.3, 0.4) is 0 Å². The number of aliphatic imine (C=N–C) groups is 1. The number of H-pyrrole nitrogens is 1. The molecule has 3 nitrogen and oxygen atoms in total. The predicted octanol–water partition coefficient (Wildman–Crippen LogP) is 8.38. The first-order chi connectivity index (χ1) is 16.4. The summed E-state index contributed by atoms with van der Waals surface area (Å²) in [6, 6.07) is 12.2. The third-order valence-corrected chi connectivity index (χ3v) is 8.32. The highest BCUT2D eigenvalue weighted by Crippen LogP contribution is 2.45. The van der Waals surface area contributed by atoms with Crippen molar-refractivity contribution in [1.82, 2.24) is 9.97 Å². The van der Waals surface area contributed by atoms with Crippen LogP contribution in [0.2, 0.25) is 0 Å². The molecule has 1 aliphatic heterocycles. The number of fused-ring (bicyclic) bond motifs is 4. The number of allylic oxidation sites excluding steroid dienone is 2. The monoisotopic (exact) mass is 469 g/mol. The molecule has 4 aromatic rings. The molecule has 0 fully saturated rings. The Morgan fingerprint density at radius 2 is 1.79 bits per heavy atom. The van der Waals surface area contributed by atoms with Crippen LogP contribution in [0.1, 0.15) is 63.4 Å². The number of thiophene rings is 1. The summed E-state index contributed by atoms with van der Waals surface area (Å²) >= 11 is 1.78. The predicted molar refractivity (Wildman–Crippen MR) is 141 cm³/mol. The number of nitrogens with one attached hydrogen (secondary N) is 1. The molecule has 1 N–H and O–H groups in total. The second-order valence-electron chi connectivity index (χ2n) is 10.0. The lowest BCUT2D eigenvalue weighted by molar-refractivity contribution is 0.631. The summed E-state index contributed by atoms with van der Waals surface area (Å²) in [5.41, 5.74) is 9.00. The van der Waals surface area contributed by atoms with Crippen LogP contribution in [0, 0.1) is 11.7 Å². The molecular weight excluding hydrogens is 441 g/mol. The first kappa shape index (κ1) is 21.5. The summed E-state index contributed by atoms with van der Waals surface area (Å²) in [5.74, 6) is 1.41. The van der Waals surface area contributed by atoms with Crippen LogP contribution in [0.25, 0.3) is 37.4 Å². The van der Waals surface area contributed by atoms with Gasteiger partial charge in [0, 0.05) is 38.9 Å². The molecule has 0 bridgehead atoms. The summed E-state index contributed by atoms with van der Waals surface area (Å²) in [6.45, 7) is 8.60. The summed E-state index contributed by atoms with van der Waals surface area (Å²) in [5, 5.41) is 1.24. The van der Waals surface area contributed by atoms with E-state index in [0.717, 1.165) is 41.2 Å². The number of halogens is 1. The number of aromatic amines is 1. The highest BCUT2D eigenvalue weighted by molar-refractivity contribution is 7.22. The number of rotatable bonds is 4. The van der Waals surface area contributed by atoms with Crippen molar-refractivity contribution in [1.29, 1.82) is 0 Å². The summed E-state index contributed by atoms with van der Waals surface area (Å²) in [7, 11) is 0. The van der Waals surface area contributed by atoms with Gasteiger partial charge in [0.1, 0.15) is 11.6 Å². The van der Waals surface area contributed by atoms with Gasteiger partial charge in [0.05, 0.1) is 11.9 Å². The Hall–Kier alpha value is -3.05. The fraction of sp³-hybridized carbons (Fsp3) is 0.310. The minimum absolute atomic E-state index is 0.227. The second-order valence-corrected chi connectivity index (χ2v) is 11.1. The Labute approximate surface area is 203 Å². The molecular formula is C29H28FN3S. The van der Waals surface area contributed by atoms with Crippen LogP contribution < -0.4 is 0 Å². The van der Waals surface area contributed by atoms with Crippen LogP contribution in [0.5, 0.6) is 0 Å². The molecule has 34 heavy (non-hydrogen) atoms. The lowest BCUT2D eigenvalue weighted by atomic mass is 9.86. The average Bonchev–Trinajstić information content (AvgIpc) is 3.56. The van der Waals surface area contributed by atoms with Crippen LogP contribution in [-0.2, 0) is 6.42 Å². The summed E-state index contributed by atoms with van der Waals surface area (Å²) < 4.78 is 16.5. The third-order valence-electron chi connectivity index (χ3n) is 7.06. The minimum atomic E-state index is -0.227. The summed E-state index contributed by atoms with van der Waals surface area (Å²) in [6.07, 6.45) is 4.73. The molecule has 0 spiro atoms. The Morgan fingerprint density at radius 1 is 0.971 bits per heavy atom. The normalized spacial score (nSPS) is 15.4. The second kappa shape index (κ2) is 8.02. The van der Waals surface area contributed by atoms with Crippen LogP contribution in [0.4, 0.5) is 4.39 Å². The Bertz CT molecular complexity index is 1500. The van der Waals surface area contributed by atoms with E-state index in [1.807, 2.05) is 12.1 Å². The van der Waals surface area contributed by atoms with Gasteiger partial charge in [0.25, 0.3) is 0 Å². The van der Waals surface area contributed by atoms with Gasteiger partial charge in [-0.25, -0.2) is 9.37 Å². The summed E-state index contributed by atoms with van der Waals surface area (Å²) in [4.78, 5) is 13.7. The van der Waals surface area contributed by atoms with Crippen LogP contribution >= 0.6 is 11.3 Å². The molecule has 5 heteroatoms. The van der Waals surface area contributed by atoms with Gasteiger partial charge in [-0.05, 0) is 64.6 Å². The highest BCUT2D eigenvalue weighted by Gasteiger charge is 2.27. The van der Waals surface area contributed by atoms with Gasteiger partial charge in [-0.3, -0.25) is 4.99 Å². The standard InChI is InChI=1S/C29H28FN3S/c1-15(2)25-13-22-19-7-6-18-12-27(34-28(18)20(19)9-10-24(22)32-25)17-5-8-21(23(30)11-17)26-14-31-29(33-26)16(3)4/h5-8,11-12,14-16H,9-10,13H2,1-4H3,(H,31,33). The minimum Gasteiger partial charge on any atom is -0.342 e. The van der Waals surface area contributed by atoms with Crippen molar-refractivity contribution in [2.45, 2.75) is 52.9 Å². The third kappa shape index (κ3) is 3.45. The smallest absolute Gasteiger partial charge is 0.133 e. The van der Waals surface area contributed by atoms with Gasteiger partial charge >= 0.3 is 0 Å². The maximum absolute atomic E-state index is 15.1.